The Morgan fingerprint density at radius 2 is 1.90 bits per heavy atom. The van der Waals surface area contributed by atoms with Crippen LogP contribution >= 0.6 is 12.2 Å². The zero-order chi connectivity index (χ0) is 14.4. The summed E-state index contributed by atoms with van der Waals surface area (Å²) in [6.45, 7) is 10.6. The maximum absolute atomic E-state index is 5.42. The van der Waals surface area contributed by atoms with Crippen molar-refractivity contribution in [2.45, 2.75) is 26.8 Å². The minimum absolute atomic E-state index is 0.919. The number of benzene rings is 1. The highest BCUT2D eigenvalue weighted by molar-refractivity contribution is 7.80. The van der Waals surface area contributed by atoms with Crippen LogP contribution in [0, 0.1) is 6.92 Å². The van der Waals surface area contributed by atoms with E-state index in [-0.39, 0.29) is 0 Å². The highest BCUT2D eigenvalue weighted by Gasteiger charge is 2.18. The van der Waals surface area contributed by atoms with Gasteiger partial charge < -0.3 is 10.2 Å². The summed E-state index contributed by atoms with van der Waals surface area (Å²) in [5.41, 5.74) is 2.82. The van der Waals surface area contributed by atoms with Crippen LogP contribution in [0.3, 0.4) is 0 Å². The Kier molecular flexibility index (Phi) is 5.80. The molecule has 0 amide bonds. The monoisotopic (exact) mass is 291 g/mol. The zero-order valence-electron chi connectivity index (χ0n) is 12.6. The van der Waals surface area contributed by atoms with Gasteiger partial charge in [-0.1, -0.05) is 31.2 Å². The van der Waals surface area contributed by atoms with E-state index in [0.29, 0.717) is 0 Å². The summed E-state index contributed by atoms with van der Waals surface area (Å²) < 4.78 is 0. The first-order valence-corrected chi connectivity index (χ1v) is 7.91. The fourth-order valence-corrected chi connectivity index (χ4v) is 2.77. The van der Waals surface area contributed by atoms with Gasteiger partial charge in [0.1, 0.15) is 0 Å². The van der Waals surface area contributed by atoms with Crippen molar-refractivity contribution >= 4 is 17.3 Å². The van der Waals surface area contributed by atoms with Crippen molar-refractivity contribution in [3.05, 3.63) is 35.4 Å². The Morgan fingerprint density at radius 1 is 1.20 bits per heavy atom. The number of hydrogen-bond donors (Lipinski definition) is 1. The van der Waals surface area contributed by atoms with Crippen molar-refractivity contribution in [2.24, 2.45) is 0 Å². The highest BCUT2D eigenvalue weighted by atomic mass is 32.1. The van der Waals surface area contributed by atoms with Gasteiger partial charge in [-0.05, 0) is 36.7 Å². The van der Waals surface area contributed by atoms with Crippen molar-refractivity contribution in [3.8, 4) is 0 Å². The van der Waals surface area contributed by atoms with Crippen LogP contribution in [-0.2, 0) is 6.54 Å². The van der Waals surface area contributed by atoms with Crippen molar-refractivity contribution < 1.29 is 0 Å². The van der Waals surface area contributed by atoms with Gasteiger partial charge in [-0.3, -0.25) is 4.90 Å². The van der Waals surface area contributed by atoms with Gasteiger partial charge in [-0.15, -0.1) is 0 Å². The van der Waals surface area contributed by atoms with Crippen LogP contribution in [0.15, 0.2) is 24.3 Å². The maximum atomic E-state index is 5.42. The summed E-state index contributed by atoms with van der Waals surface area (Å²) >= 11 is 5.42. The van der Waals surface area contributed by atoms with E-state index in [0.717, 1.165) is 50.8 Å². The Hall–Kier alpha value is -1.13. The molecule has 0 spiro atoms. The first kappa shape index (κ1) is 15.3. The first-order chi connectivity index (χ1) is 9.70. The van der Waals surface area contributed by atoms with Crippen molar-refractivity contribution in [2.75, 3.05) is 32.7 Å². The molecule has 0 radical (unpaired) electrons. The molecule has 3 nitrogen and oxygen atoms in total. The molecule has 1 aliphatic rings. The number of aryl methyl sites for hydroxylation is 1. The van der Waals surface area contributed by atoms with Crippen molar-refractivity contribution in [1.82, 2.24) is 15.1 Å². The minimum atomic E-state index is 0.919. The minimum Gasteiger partial charge on any atom is -0.363 e. The highest BCUT2D eigenvalue weighted by Crippen LogP contribution is 2.12. The second kappa shape index (κ2) is 7.60. The predicted octanol–water partition coefficient (Wildman–Crippen LogP) is 2.40. The molecule has 110 valence electrons. The molecule has 0 unspecified atom stereocenters. The SMILES string of the molecule is CCCNC(=S)N1CCN(Cc2ccccc2C)CC1. The van der Waals surface area contributed by atoms with Crippen molar-refractivity contribution in [1.29, 1.82) is 0 Å². The standard InChI is InChI=1S/C16H25N3S/c1-3-8-17-16(20)19-11-9-18(10-12-19)13-15-7-5-4-6-14(15)2/h4-7H,3,8-13H2,1-2H3,(H,17,20). The lowest BCUT2D eigenvalue weighted by Gasteiger charge is -2.36. The summed E-state index contributed by atoms with van der Waals surface area (Å²) in [6, 6.07) is 8.65. The number of nitrogens with one attached hydrogen (secondary N) is 1. The molecule has 1 aromatic rings. The summed E-state index contributed by atoms with van der Waals surface area (Å²) in [7, 11) is 0. The topological polar surface area (TPSA) is 18.5 Å². The quantitative estimate of drug-likeness (QED) is 0.858. The lowest BCUT2D eigenvalue weighted by molar-refractivity contribution is 0.174. The molecule has 1 heterocycles. The third kappa shape index (κ3) is 4.18. The maximum Gasteiger partial charge on any atom is 0.169 e. The van der Waals surface area contributed by atoms with Crippen LogP contribution < -0.4 is 5.32 Å². The molecule has 0 bridgehead atoms. The second-order valence-electron chi connectivity index (χ2n) is 5.42. The lowest BCUT2D eigenvalue weighted by atomic mass is 10.1. The third-order valence-electron chi connectivity index (χ3n) is 3.84. The Bertz CT molecular complexity index is 439. The van der Waals surface area contributed by atoms with Crippen LogP contribution in [0.25, 0.3) is 0 Å². The molecule has 1 aliphatic heterocycles. The lowest BCUT2D eigenvalue weighted by Crippen LogP contribution is -2.51. The van der Waals surface area contributed by atoms with Gasteiger partial charge in [-0.2, -0.15) is 0 Å². The van der Waals surface area contributed by atoms with E-state index in [4.69, 9.17) is 12.2 Å². The van der Waals surface area contributed by atoms with Gasteiger partial charge in [0, 0.05) is 39.3 Å². The van der Waals surface area contributed by atoms with E-state index >= 15 is 0 Å². The van der Waals surface area contributed by atoms with Crippen LogP contribution in [0.2, 0.25) is 0 Å². The number of hydrogen-bond acceptors (Lipinski definition) is 2. The van der Waals surface area contributed by atoms with E-state index in [1.54, 1.807) is 0 Å². The molecule has 1 N–H and O–H groups in total. The summed E-state index contributed by atoms with van der Waals surface area (Å²) in [6.07, 6.45) is 1.12. The zero-order valence-corrected chi connectivity index (χ0v) is 13.4. The average Bonchev–Trinajstić information content (AvgIpc) is 2.48. The van der Waals surface area contributed by atoms with E-state index in [1.807, 2.05) is 0 Å². The molecule has 0 atom stereocenters. The van der Waals surface area contributed by atoms with Crippen molar-refractivity contribution in [3.63, 3.8) is 0 Å². The molecular weight excluding hydrogens is 266 g/mol. The smallest absolute Gasteiger partial charge is 0.169 e. The first-order valence-electron chi connectivity index (χ1n) is 7.50. The Morgan fingerprint density at radius 3 is 2.55 bits per heavy atom. The Balaban J connectivity index is 1.80. The summed E-state index contributed by atoms with van der Waals surface area (Å²) in [4.78, 5) is 4.81. The van der Waals surface area contributed by atoms with Gasteiger partial charge in [0.15, 0.2) is 5.11 Å². The second-order valence-corrected chi connectivity index (χ2v) is 5.81. The third-order valence-corrected chi connectivity index (χ3v) is 4.24. The van der Waals surface area contributed by atoms with Crippen LogP contribution in [0.1, 0.15) is 24.5 Å². The molecular formula is C16H25N3S. The Labute approximate surface area is 128 Å². The molecule has 1 aromatic carbocycles. The molecule has 4 heteroatoms. The summed E-state index contributed by atoms with van der Waals surface area (Å²) in [5.74, 6) is 0. The summed E-state index contributed by atoms with van der Waals surface area (Å²) in [5, 5.41) is 4.23. The number of rotatable bonds is 4. The van der Waals surface area contributed by atoms with E-state index in [9.17, 15) is 0 Å². The normalized spacial score (nSPS) is 16.2. The van der Waals surface area contributed by atoms with Crippen LogP contribution in [0.4, 0.5) is 0 Å². The number of thiocarbonyl (C=S) groups is 1. The van der Waals surface area contributed by atoms with Gasteiger partial charge >= 0.3 is 0 Å². The number of nitrogens with zero attached hydrogens (tertiary/aromatic N) is 2. The molecule has 20 heavy (non-hydrogen) atoms. The molecule has 1 fully saturated rings. The van der Waals surface area contributed by atoms with Crippen LogP contribution in [-0.4, -0.2) is 47.6 Å². The van der Waals surface area contributed by atoms with E-state index in [1.165, 1.54) is 11.1 Å². The fourth-order valence-electron chi connectivity index (χ4n) is 2.48. The molecule has 0 aliphatic carbocycles. The van der Waals surface area contributed by atoms with Gasteiger partial charge in [0.25, 0.3) is 0 Å². The van der Waals surface area contributed by atoms with Gasteiger partial charge in [0.2, 0.25) is 0 Å². The molecule has 0 saturated carbocycles. The van der Waals surface area contributed by atoms with E-state index < -0.39 is 0 Å². The largest absolute Gasteiger partial charge is 0.363 e. The average molecular weight is 291 g/mol. The van der Waals surface area contributed by atoms with E-state index in [2.05, 4.69) is 53.2 Å². The number of piperazine rings is 1. The molecule has 2 rings (SSSR count). The van der Waals surface area contributed by atoms with Crippen LogP contribution in [0.5, 0.6) is 0 Å². The molecule has 1 saturated heterocycles. The molecule has 0 aromatic heterocycles. The van der Waals surface area contributed by atoms with Gasteiger partial charge in [0.05, 0.1) is 0 Å². The van der Waals surface area contributed by atoms with Gasteiger partial charge in [-0.25, -0.2) is 0 Å². The fraction of sp³-hybridized carbons (Fsp3) is 0.562. The predicted molar refractivity (Wildman–Crippen MR) is 88.9 cm³/mol.